The number of rotatable bonds is 7. The summed E-state index contributed by atoms with van der Waals surface area (Å²) >= 11 is 0. The lowest BCUT2D eigenvalue weighted by Gasteiger charge is -2.13. The van der Waals surface area contributed by atoms with Gasteiger partial charge in [0.1, 0.15) is 11.6 Å². The third-order valence-corrected chi connectivity index (χ3v) is 8.69. The molecule has 0 radical (unpaired) electrons. The van der Waals surface area contributed by atoms with Crippen LogP contribution in [-0.2, 0) is 16.6 Å². The van der Waals surface area contributed by atoms with Gasteiger partial charge in [0, 0.05) is 11.6 Å². The number of benzene rings is 4. The number of aryl methyl sites for hydroxylation is 2. The van der Waals surface area contributed by atoms with E-state index in [1.165, 1.54) is 3.97 Å². The van der Waals surface area contributed by atoms with Crippen LogP contribution in [0.1, 0.15) is 23.6 Å². The van der Waals surface area contributed by atoms with Crippen LogP contribution in [0.3, 0.4) is 0 Å². The standard InChI is InChI=1S/C32H29N3O3S/c1-4-38-31-12-8-6-10-27(31)32-33-28-19-23(3)15-18-30(28)34(32)20-24-21-35(29-11-7-5-9-26(24)29)39(36,37)25-16-13-22(2)14-17-25/h5-19,21H,4,20H2,1-3H3. The van der Waals surface area contributed by atoms with Gasteiger partial charge in [0.15, 0.2) is 0 Å². The highest BCUT2D eigenvalue weighted by Crippen LogP contribution is 2.34. The van der Waals surface area contributed by atoms with Crippen molar-refractivity contribution in [1.82, 2.24) is 13.5 Å². The minimum absolute atomic E-state index is 0.260. The van der Waals surface area contributed by atoms with Gasteiger partial charge in [0.25, 0.3) is 10.0 Å². The van der Waals surface area contributed by atoms with E-state index in [1.807, 2.05) is 74.5 Å². The third kappa shape index (κ3) is 4.38. The summed E-state index contributed by atoms with van der Waals surface area (Å²) in [4.78, 5) is 5.29. The molecule has 2 heterocycles. The lowest BCUT2D eigenvalue weighted by molar-refractivity contribution is 0.341. The summed E-state index contributed by atoms with van der Waals surface area (Å²) in [6.07, 6.45) is 1.75. The number of hydrogen-bond donors (Lipinski definition) is 0. The van der Waals surface area contributed by atoms with Gasteiger partial charge in [0.05, 0.1) is 40.2 Å². The molecule has 0 fully saturated rings. The SMILES string of the molecule is CCOc1ccccc1-c1nc2cc(C)ccc2n1Cc1cn(S(=O)(=O)c2ccc(C)cc2)c2ccccc12. The molecule has 0 aliphatic heterocycles. The molecule has 7 heteroatoms. The number of fused-ring (bicyclic) bond motifs is 2. The zero-order valence-corrected chi connectivity index (χ0v) is 22.9. The molecule has 196 valence electrons. The summed E-state index contributed by atoms with van der Waals surface area (Å²) in [5, 5.41) is 0.881. The second kappa shape index (κ2) is 9.75. The smallest absolute Gasteiger partial charge is 0.268 e. The maximum atomic E-state index is 13.8. The molecular weight excluding hydrogens is 506 g/mol. The van der Waals surface area contributed by atoms with E-state index in [9.17, 15) is 8.42 Å². The van der Waals surface area contributed by atoms with E-state index in [1.54, 1.807) is 18.3 Å². The van der Waals surface area contributed by atoms with Crippen molar-refractivity contribution in [2.45, 2.75) is 32.2 Å². The molecule has 0 spiro atoms. The first kappa shape index (κ1) is 24.9. The zero-order valence-electron chi connectivity index (χ0n) is 22.1. The first-order chi connectivity index (χ1) is 18.9. The van der Waals surface area contributed by atoms with Crippen LogP contribution in [-0.4, -0.2) is 28.5 Å². The monoisotopic (exact) mass is 535 g/mol. The van der Waals surface area contributed by atoms with Crippen molar-refractivity contribution in [2.75, 3.05) is 6.61 Å². The Balaban J connectivity index is 1.55. The minimum atomic E-state index is -3.79. The van der Waals surface area contributed by atoms with Crippen LogP contribution in [0.15, 0.2) is 102 Å². The fourth-order valence-electron chi connectivity index (χ4n) is 5.08. The lowest BCUT2D eigenvalue weighted by atomic mass is 10.1. The van der Waals surface area contributed by atoms with Crippen LogP contribution in [0, 0.1) is 13.8 Å². The van der Waals surface area contributed by atoms with Gasteiger partial charge >= 0.3 is 0 Å². The van der Waals surface area contributed by atoms with Gasteiger partial charge in [-0.3, -0.25) is 0 Å². The molecule has 6 nitrogen and oxygen atoms in total. The molecule has 39 heavy (non-hydrogen) atoms. The third-order valence-electron chi connectivity index (χ3n) is 7.00. The van der Waals surface area contributed by atoms with Crippen LogP contribution in [0.25, 0.3) is 33.3 Å². The van der Waals surface area contributed by atoms with Crippen molar-refractivity contribution in [2.24, 2.45) is 0 Å². The molecule has 0 N–H and O–H groups in total. The molecule has 4 aromatic carbocycles. The Morgan fingerprint density at radius 1 is 0.821 bits per heavy atom. The van der Waals surface area contributed by atoms with Crippen LogP contribution >= 0.6 is 0 Å². The van der Waals surface area contributed by atoms with Gasteiger partial charge in [-0.1, -0.05) is 54.1 Å². The number of hydrogen-bond acceptors (Lipinski definition) is 4. The first-order valence-electron chi connectivity index (χ1n) is 13.0. The second-order valence-corrected chi connectivity index (χ2v) is 11.5. The van der Waals surface area contributed by atoms with Gasteiger partial charge in [-0.2, -0.15) is 0 Å². The van der Waals surface area contributed by atoms with Crippen LogP contribution < -0.4 is 4.74 Å². The predicted molar refractivity (Wildman–Crippen MR) is 156 cm³/mol. The van der Waals surface area contributed by atoms with Crippen LogP contribution in [0.2, 0.25) is 0 Å². The van der Waals surface area contributed by atoms with Crippen molar-refractivity contribution in [3.05, 3.63) is 114 Å². The first-order valence-corrected chi connectivity index (χ1v) is 14.4. The highest BCUT2D eigenvalue weighted by molar-refractivity contribution is 7.90. The molecule has 0 atom stereocenters. The summed E-state index contributed by atoms with van der Waals surface area (Å²) in [5.41, 5.74) is 6.41. The highest BCUT2D eigenvalue weighted by Gasteiger charge is 2.23. The van der Waals surface area contributed by atoms with Gasteiger partial charge in [-0.15, -0.1) is 0 Å². The van der Waals surface area contributed by atoms with Crippen LogP contribution in [0.5, 0.6) is 5.75 Å². The number of para-hydroxylation sites is 2. The Labute approximate surface area is 228 Å². The summed E-state index contributed by atoms with van der Waals surface area (Å²) in [7, 11) is -3.79. The maximum absolute atomic E-state index is 13.8. The van der Waals surface area contributed by atoms with Crippen molar-refractivity contribution in [1.29, 1.82) is 0 Å². The Kier molecular flexibility index (Phi) is 6.23. The predicted octanol–water partition coefficient (Wildman–Crippen LogP) is 6.96. The van der Waals surface area contributed by atoms with E-state index >= 15 is 0 Å². The Bertz CT molecular complexity index is 1930. The molecular formula is C32H29N3O3S. The Hall–Kier alpha value is -4.36. The molecule has 0 aliphatic carbocycles. The Morgan fingerprint density at radius 3 is 2.33 bits per heavy atom. The highest BCUT2D eigenvalue weighted by atomic mass is 32.2. The van der Waals surface area contributed by atoms with Crippen molar-refractivity contribution < 1.29 is 13.2 Å². The fourth-order valence-corrected chi connectivity index (χ4v) is 6.47. The molecule has 0 saturated heterocycles. The number of imidazole rings is 1. The van der Waals surface area contributed by atoms with Gasteiger partial charge in [-0.05, 0) is 74.4 Å². The average molecular weight is 536 g/mol. The number of ether oxygens (including phenoxy) is 1. The van der Waals surface area contributed by atoms with Crippen LogP contribution in [0.4, 0.5) is 0 Å². The van der Waals surface area contributed by atoms with Gasteiger partial charge in [0.2, 0.25) is 0 Å². The van der Waals surface area contributed by atoms with E-state index in [0.717, 1.165) is 50.2 Å². The zero-order chi connectivity index (χ0) is 27.1. The number of aromatic nitrogens is 3. The normalized spacial score (nSPS) is 11.9. The Morgan fingerprint density at radius 2 is 1.54 bits per heavy atom. The summed E-state index contributed by atoms with van der Waals surface area (Å²) in [5.74, 6) is 1.54. The van der Waals surface area contributed by atoms with Gasteiger partial charge < -0.3 is 9.30 Å². The van der Waals surface area contributed by atoms with E-state index in [-0.39, 0.29) is 4.90 Å². The van der Waals surface area contributed by atoms with Gasteiger partial charge in [-0.25, -0.2) is 17.4 Å². The fraction of sp³-hybridized carbons (Fsp3) is 0.156. The molecule has 0 bridgehead atoms. The van der Waals surface area contributed by atoms with E-state index in [0.29, 0.717) is 18.7 Å². The molecule has 6 rings (SSSR count). The summed E-state index contributed by atoms with van der Waals surface area (Å²) < 4.78 is 37.0. The molecule has 6 aromatic rings. The van der Waals surface area contributed by atoms with Crippen molar-refractivity contribution in [3.8, 4) is 17.1 Å². The average Bonchev–Trinajstić information content (AvgIpc) is 3.48. The van der Waals surface area contributed by atoms with E-state index in [4.69, 9.17) is 9.72 Å². The lowest BCUT2D eigenvalue weighted by Crippen LogP contribution is -2.12. The topological polar surface area (TPSA) is 66.1 Å². The molecule has 2 aromatic heterocycles. The van der Waals surface area contributed by atoms with E-state index in [2.05, 4.69) is 29.7 Å². The van der Waals surface area contributed by atoms with E-state index < -0.39 is 10.0 Å². The second-order valence-electron chi connectivity index (χ2n) is 9.73. The summed E-state index contributed by atoms with van der Waals surface area (Å²) in [6.45, 7) is 6.94. The maximum Gasteiger partial charge on any atom is 0.268 e. The largest absolute Gasteiger partial charge is 0.493 e. The molecule has 0 unspecified atom stereocenters. The minimum Gasteiger partial charge on any atom is -0.493 e. The molecule has 0 saturated carbocycles. The quantitative estimate of drug-likeness (QED) is 0.222. The van der Waals surface area contributed by atoms with Crippen molar-refractivity contribution >= 4 is 32.0 Å². The summed E-state index contributed by atoms with van der Waals surface area (Å²) in [6, 6.07) is 28.7. The van der Waals surface area contributed by atoms with Crippen molar-refractivity contribution in [3.63, 3.8) is 0 Å². The molecule has 0 amide bonds. The number of nitrogens with zero attached hydrogens (tertiary/aromatic N) is 3. The molecule has 0 aliphatic rings.